The summed E-state index contributed by atoms with van der Waals surface area (Å²) in [6.07, 6.45) is 1.23. The molecule has 1 heterocycles. The van der Waals surface area contributed by atoms with E-state index in [2.05, 4.69) is 10.2 Å². The number of hydrogen-bond donors (Lipinski definition) is 2. The van der Waals surface area contributed by atoms with Gasteiger partial charge in [0.15, 0.2) is 0 Å². The number of para-hydroxylation sites is 2. The van der Waals surface area contributed by atoms with E-state index in [-0.39, 0.29) is 30.3 Å². The number of anilines is 1. The van der Waals surface area contributed by atoms with Crippen LogP contribution in [0.3, 0.4) is 0 Å². The molecule has 0 saturated carbocycles. The first kappa shape index (κ1) is 15.4. The minimum absolute atomic E-state index is 0.104. The Balaban J connectivity index is 1.84. The first-order chi connectivity index (χ1) is 10.1. The van der Waals surface area contributed by atoms with Crippen LogP contribution >= 0.6 is 0 Å². The maximum atomic E-state index is 11.9. The van der Waals surface area contributed by atoms with E-state index >= 15 is 0 Å². The summed E-state index contributed by atoms with van der Waals surface area (Å²) in [4.78, 5) is 24.4. The number of carbonyl (C=O) groups excluding carboxylic acids is 1. The van der Waals surface area contributed by atoms with Crippen LogP contribution in [-0.4, -0.2) is 47.1 Å². The number of aliphatic hydroxyl groups excluding tert-OH is 1. The van der Waals surface area contributed by atoms with Crippen LogP contribution in [0.5, 0.6) is 0 Å². The van der Waals surface area contributed by atoms with E-state index in [0.29, 0.717) is 12.5 Å². The van der Waals surface area contributed by atoms with Gasteiger partial charge in [-0.15, -0.1) is 0 Å². The van der Waals surface area contributed by atoms with Gasteiger partial charge in [0.05, 0.1) is 4.92 Å². The third-order valence-electron chi connectivity index (χ3n) is 3.66. The molecule has 0 aliphatic carbocycles. The predicted octanol–water partition coefficient (Wildman–Crippen LogP) is 1.24. The number of amides is 1. The number of likely N-dealkylation sites (tertiary alicyclic amines) is 1. The monoisotopic (exact) mass is 293 g/mol. The molecule has 1 atom stereocenters. The number of rotatable bonds is 6. The van der Waals surface area contributed by atoms with Crippen molar-refractivity contribution in [2.75, 3.05) is 31.6 Å². The summed E-state index contributed by atoms with van der Waals surface area (Å²) in [7, 11) is 0. The molecule has 2 rings (SSSR count). The summed E-state index contributed by atoms with van der Waals surface area (Å²) in [6, 6.07) is 6.09. The van der Waals surface area contributed by atoms with Crippen molar-refractivity contribution in [2.24, 2.45) is 5.92 Å². The number of nitro benzene ring substituents is 1. The molecule has 7 nitrogen and oxygen atoms in total. The molecule has 21 heavy (non-hydrogen) atoms. The zero-order valence-electron chi connectivity index (χ0n) is 11.7. The van der Waals surface area contributed by atoms with E-state index in [4.69, 9.17) is 5.11 Å². The first-order valence-corrected chi connectivity index (χ1v) is 6.96. The lowest BCUT2D eigenvalue weighted by molar-refractivity contribution is -0.383. The Kier molecular flexibility index (Phi) is 5.24. The highest BCUT2D eigenvalue weighted by atomic mass is 16.6. The van der Waals surface area contributed by atoms with Crippen LogP contribution in [0.1, 0.15) is 12.8 Å². The fraction of sp³-hybridized carbons (Fsp3) is 0.500. The Morgan fingerprint density at radius 2 is 2.24 bits per heavy atom. The van der Waals surface area contributed by atoms with E-state index in [1.807, 2.05) is 0 Å². The molecule has 1 aromatic carbocycles. The van der Waals surface area contributed by atoms with Gasteiger partial charge >= 0.3 is 0 Å². The third-order valence-corrected chi connectivity index (χ3v) is 3.66. The van der Waals surface area contributed by atoms with Crippen LogP contribution in [0.15, 0.2) is 24.3 Å². The van der Waals surface area contributed by atoms with Crippen molar-refractivity contribution in [3.05, 3.63) is 34.4 Å². The summed E-state index contributed by atoms with van der Waals surface area (Å²) in [6.45, 7) is 2.46. The Morgan fingerprint density at radius 1 is 1.48 bits per heavy atom. The Hall–Kier alpha value is -1.99. The summed E-state index contributed by atoms with van der Waals surface area (Å²) >= 11 is 0. The lowest BCUT2D eigenvalue weighted by Gasteiger charge is -2.15. The second-order valence-corrected chi connectivity index (χ2v) is 5.21. The number of benzene rings is 1. The maximum absolute atomic E-state index is 11.9. The Labute approximate surface area is 122 Å². The molecule has 1 aromatic rings. The van der Waals surface area contributed by atoms with Gasteiger partial charge in [-0.1, -0.05) is 12.1 Å². The molecule has 1 aliphatic rings. The summed E-state index contributed by atoms with van der Waals surface area (Å²) in [5, 5.41) is 22.5. The minimum atomic E-state index is -0.512. The highest BCUT2D eigenvalue weighted by molar-refractivity contribution is 5.93. The average molecular weight is 293 g/mol. The van der Waals surface area contributed by atoms with Gasteiger partial charge in [0.25, 0.3) is 5.69 Å². The highest BCUT2D eigenvalue weighted by Gasteiger charge is 2.22. The molecule has 2 N–H and O–H groups in total. The van der Waals surface area contributed by atoms with Crippen molar-refractivity contribution in [2.45, 2.75) is 12.8 Å². The second-order valence-electron chi connectivity index (χ2n) is 5.21. The second kappa shape index (κ2) is 7.14. The molecule has 7 heteroatoms. The summed E-state index contributed by atoms with van der Waals surface area (Å²) in [5.41, 5.74) is 0.120. The van der Waals surface area contributed by atoms with Gasteiger partial charge in [0.2, 0.25) is 5.91 Å². The SMILES string of the molecule is O=C(CCN1CCC(CO)C1)Nc1ccccc1[N+](=O)[O-]. The molecule has 114 valence electrons. The standard InChI is InChI=1S/C14H19N3O4/c18-10-11-5-7-16(9-11)8-6-14(19)15-12-3-1-2-4-13(12)17(20)21/h1-4,11,18H,5-10H2,(H,15,19). The summed E-state index contributed by atoms with van der Waals surface area (Å²) in [5.74, 6) is 0.0556. The normalized spacial score (nSPS) is 18.6. The van der Waals surface area contributed by atoms with Crippen molar-refractivity contribution in [1.29, 1.82) is 0 Å². The van der Waals surface area contributed by atoms with Crippen molar-refractivity contribution in [3.8, 4) is 0 Å². The molecule has 0 spiro atoms. The van der Waals surface area contributed by atoms with Crippen LogP contribution in [0.25, 0.3) is 0 Å². The molecule has 1 fully saturated rings. The maximum Gasteiger partial charge on any atom is 0.292 e. The zero-order chi connectivity index (χ0) is 15.2. The number of nitrogens with one attached hydrogen (secondary N) is 1. The molecular weight excluding hydrogens is 274 g/mol. The smallest absolute Gasteiger partial charge is 0.292 e. The quantitative estimate of drug-likeness (QED) is 0.607. The van der Waals surface area contributed by atoms with Gasteiger partial charge in [-0.3, -0.25) is 14.9 Å². The van der Waals surface area contributed by atoms with Crippen molar-refractivity contribution in [3.63, 3.8) is 0 Å². The van der Waals surface area contributed by atoms with Gasteiger partial charge in [-0.2, -0.15) is 0 Å². The Bertz CT molecular complexity index is 521. The van der Waals surface area contributed by atoms with E-state index in [1.165, 1.54) is 12.1 Å². The predicted molar refractivity (Wildman–Crippen MR) is 78.0 cm³/mol. The van der Waals surface area contributed by atoms with E-state index in [9.17, 15) is 14.9 Å². The van der Waals surface area contributed by atoms with E-state index in [1.54, 1.807) is 12.1 Å². The zero-order valence-corrected chi connectivity index (χ0v) is 11.7. The van der Waals surface area contributed by atoms with Gasteiger partial charge in [0, 0.05) is 32.2 Å². The average Bonchev–Trinajstić information content (AvgIpc) is 2.93. The van der Waals surface area contributed by atoms with E-state index in [0.717, 1.165) is 19.5 Å². The van der Waals surface area contributed by atoms with Crippen molar-refractivity contribution in [1.82, 2.24) is 4.90 Å². The van der Waals surface area contributed by atoms with Crippen molar-refractivity contribution < 1.29 is 14.8 Å². The van der Waals surface area contributed by atoms with Crippen LogP contribution in [0, 0.1) is 16.0 Å². The van der Waals surface area contributed by atoms with Crippen LogP contribution in [-0.2, 0) is 4.79 Å². The lowest BCUT2D eigenvalue weighted by atomic mass is 10.1. The van der Waals surface area contributed by atoms with Gasteiger partial charge < -0.3 is 15.3 Å². The first-order valence-electron chi connectivity index (χ1n) is 6.96. The summed E-state index contributed by atoms with van der Waals surface area (Å²) < 4.78 is 0. The fourth-order valence-electron chi connectivity index (χ4n) is 2.48. The largest absolute Gasteiger partial charge is 0.396 e. The van der Waals surface area contributed by atoms with Gasteiger partial charge in [-0.25, -0.2) is 0 Å². The molecule has 1 amide bonds. The molecular formula is C14H19N3O4. The van der Waals surface area contributed by atoms with E-state index < -0.39 is 4.92 Å². The molecule has 1 saturated heterocycles. The molecule has 0 aromatic heterocycles. The van der Waals surface area contributed by atoms with Crippen LogP contribution < -0.4 is 5.32 Å². The molecule has 0 radical (unpaired) electrons. The third kappa shape index (κ3) is 4.24. The number of hydrogen-bond acceptors (Lipinski definition) is 5. The van der Waals surface area contributed by atoms with Crippen LogP contribution in [0.4, 0.5) is 11.4 Å². The molecule has 1 unspecified atom stereocenters. The highest BCUT2D eigenvalue weighted by Crippen LogP contribution is 2.23. The minimum Gasteiger partial charge on any atom is -0.396 e. The fourth-order valence-corrected chi connectivity index (χ4v) is 2.48. The number of nitrogens with zero attached hydrogens (tertiary/aromatic N) is 2. The number of aliphatic hydroxyl groups is 1. The number of nitro groups is 1. The molecule has 0 bridgehead atoms. The van der Waals surface area contributed by atoms with Gasteiger partial charge in [-0.05, 0) is 24.9 Å². The number of carbonyl (C=O) groups is 1. The lowest BCUT2D eigenvalue weighted by Crippen LogP contribution is -2.26. The molecule has 1 aliphatic heterocycles. The van der Waals surface area contributed by atoms with Gasteiger partial charge in [0.1, 0.15) is 5.69 Å². The van der Waals surface area contributed by atoms with Crippen molar-refractivity contribution >= 4 is 17.3 Å². The topological polar surface area (TPSA) is 95.7 Å². The van der Waals surface area contributed by atoms with Crippen LogP contribution in [0.2, 0.25) is 0 Å². The Morgan fingerprint density at radius 3 is 2.90 bits per heavy atom.